The predicted molar refractivity (Wildman–Crippen MR) is 131 cm³/mol. The molecule has 188 valence electrons. The lowest BCUT2D eigenvalue weighted by molar-refractivity contribution is -0.147. The number of hydrogen-bond donors (Lipinski definition) is 2. The molecule has 1 unspecified atom stereocenters. The van der Waals surface area contributed by atoms with Gasteiger partial charge < -0.3 is 20.7 Å². The third-order valence-electron chi connectivity index (χ3n) is 6.64. The highest BCUT2D eigenvalue weighted by molar-refractivity contribution is 6.30. The Labute approximate surface area is 208 Å². The van der Waals surface area contributed by atoms with Gasteiger partial charge in [-0.15, -0.1) is 0 Å². The Bertz CT molecular complexity index is 896. The quantitative estimate of drug-likeness (QED) is 0.485. The molecule has 1 aliphatic heterocycles. The highest BCUT2D eigenvalue weighted by atomic mass is 35.5. The summed E-state index contributed by atoms with van der Waals surface area (Å²) in [6.07, 6.45) is 6.11. The maximum atomic E-state index is 13.4. The van der Waals surface area contributed by atoms with Crippen LogP contribution in [0.3, 0.4) is 0 Å². The fraction of sp³-hybridized carbons (Fsp3) is 0.640. The second-order valence-corrected chi connectivity index (χ2v) is 9.36. The van der Waals surface area contributed by atoms with Crippen LogP contribution in [0.4, 0.5) is 0 Å². The summed E-state index contributed by atoms with van der Waals surface area (Å²) in [7, 11) is 0. The highest BCUT2D eigenvalue weighted by Gasteiger charge is 2.36. The third-order valence-corrected chi connectivity index (χ3v) is 6.87. The first kappa shape index (κ1) is 24.9. The number of benzene rings is 1. The molecule has 0 aromatic heterocycles. The molecule has 1 saturated heterocycles. The van der Waals surface area contributed by atoms with E-state index < -0.39 is 18.5 Å². The number of nitrogens with one attached hydrogen (secondary N) is 1. The summed E-state index contributed by atoms with van der Waals surface area (Å²) in [5.74, 6) is -1.10. The normalized spacial score (nSPS) is 20.2. The van der Waals surface area contributed by atoms with Gasteiger partial charge in [0.1, 0.15) is 6.04 Å². The molecular formula is C25H37ClN4O4. The zero-order valence-electron chi connectivity index (χ0n) is 20.9. The molecule has 34 heavy (non-hydrogen) atoms. The van der Waals surface area contributed by atoms with Crippen LogP contribution < -0.4 is 11.1 Å². The molecule has 1 saturated carbocycles. The fourth-order valence-electron chi connectivity index (χ4n) is 4.85. The van der Waals surface area contributed by atoms with Gasteiger partial charge in [-0.1, -0.05) is 36.9 Å². The SMILES string of the molecule is [2H]C(C(=O)OCC)N(CC(=O)N1CCC[C@H]1C(=O)NCc1cc(Cl)ccc1CN)C1CCCCC1. The first-order chi connectivity index (χ1) is 16.8. The number of carbonyl (C=O) groups is 3. The Morgan fingerprint density at radius 1 is 1.21 bits per heavy atom. The van der Waals surface area contributed by atoms with Gasteiger partial charge in [0.15, 0.2) is 0 Å². The fourth-order valence-corrected chi connectivity index (χ4v) is 5.05. The van der Waals surface area contributed by atoms with Crippen LogP contribution in [0.5, 0.6) is 0 Å². The van der Waals surface area contributed by atoms with Gasteiger partial charge in [0.05, 0.1) is 21.0 Å². The third kappa shape index (κ3) is 7.17. The summed E-state index contributed by atoms with van der Waals surface area (Å²) in [6, 6.07) is 4.79. The van der Waals surface area contributed by atoms with Crippen LogP contribution in [0.1, 0.15) is 64.4 Å². The number of likely N-dealkylation sites (tertiary alicyclic amines) is 1. The molecule has 1 aliphatic carbocycles. The number of halogens is 1. The first-order valence-corrected chi connectivity index (χ1v) is 12.6. The Morgan fingerprint density at radius 3 is 2.68 bits per heavy atom. The molecule has 1 heterocycles. The predicted octanol–water partition coefficient (Wildman–Crippen LogP) is 2.60. The number of ether oxygens (including phenoxy) is 1. The van der Waals surface area contributed by atoms with Crippen molar-refractivity contribution in [1.29, 1.82) is 0 Å². The molecule has 1 aromatic rings. The lowest BCUT2D eigenvalue weighted by Gasteiger charge is -2.35. The molecule has 9 heteroatoms. The Morgan fingerprint density at radius 2 is 1.97 bits per heavy atom. The van der Waals surface area contributed by atoms with Crippen molar-refractivity contribution < 1.29 is 20.5 Å². The van der Waals surface area contributed by atoms with E-state index in [1.54, 1.807) is 28.9 Å². The Balaban J connectivity index is 1.66. The molecule has 2 fully saturated rings. The van der Waals surface area contributed by atoms with E-state index in [4.69, 9.17) is 23.4 Å². The molecule has 0 spiro atoms. The van der Waals surface area contributed by atoms with E-state index in [0.717, 1.165) is 49.7 Å². The zero-order valence-corrected chi connectivity index (χ0v) is 20.7. The lowest BCUT2D eigenvalue weighted by atomic mass is 9.94. The molecule has 2 amide bonds. The van der Waals surface area contributed by atoms with Gasteiger partial charge >= 0.3 is 5.97 Å². The smallest absolute Gasteiger partial charge is 0.320 e. The van der Waals surface area contributed by atoms with Crippen molar-refractivity contribution in [2.45, 2.75) is 77.0 Å². The number of hydrogen-bond acceptors (Lipinski definition) is 6. The van der Waals surface area contributed by atoms with Crippen LogP contribution in [-0.2, 0) is 32.2 Å². The van der Waals surface area contributed by atoms with E-state index in [2.05, 4.69) is 5.32 Å². The second kappa shape index (κ2) is 13.1. The lowest BCUT2D eigenvalue weighted by Crippen LogP contribution is -2.51. The molecule has 2 aliphatic rings. The number of rotatable bonds is 10. The van der Waals surface area contributed by atoms with Gasteiger partial charge in [-0.25, -0.2) is 0 Å². The monoisotopic (exact) mass is 493 g/mol. The molecule has 2 atom stereocenters. The molecule has 3 rings (SSSR count). The molecule has 8 nitrogen and oxygen atoms in total. The van der Waals surface area contributed by atoms with Crippen LogP contribution in [-0.4, -0.2) is 65.9 Å². The summed E-state index contributed by atoms with van der Waals surface area (Å²) >= 11 is 6.10. The Hall–Kier alpha value is -2.16. The number of nitrogens with zero attached hydrogens (tertiary/aromatic N) is 2. The van der Waals surface area contributed by atoms with Crippen molar-refractivity contribution in [1.82, 2.24) is 15.1 Å². The van der Waals surface area contributed by atoms with Crippen LogP contribution in [0.2, 0.25) is 5.02 Å². The maximum Gasteiger partial charge on any atom is 0.320 e. The van der Waals surface area contributed by atoms with Gasteiger partial charge in [0.25, 0.3) is 0 Å². The summed E-state index contributed by atoms with van der Waals surface area (Å²) < 4.78 is 13.5. The van der Waals surface area contributed by atoms with E-state index in [9.17, 15) is 14.4 Å². The summed E-state index contributed by atoms with van der Waals surface area (Å²) in [4.78, 5) is 42.0. The molecular weight excluding hydrogens is 456 g/mol. The highest BCUT2D eigenvalue weighted by Crippen LogP contribution is 2.24. The minimum atomic E-state index is -1.26. The van der Waals surface area contributed by atoms with Crippen molar-refractivity contribution in [3.05, 3.63) is 34.3 Å². The average Bonchev–Trinajstić information content (AvgIpc) is 3.36. The largest absolute Gasteiger partial charge is 0.465 e. The van der Waals surface area contributed by atoms with Crippen LogP contribution in [0.25, 0.3) is 0 Å². The average molecular weight is 494 g/mol. The van der Waals surface area contributed by atoms with E-state index in [-0.39, 0.29) is 37.6 Å². The van der Waals surface area contributed by atoms with Gasteiger partial charge in [-0.2, -0.15) is 0 Å². The van der Waals surface area contributed by atoms with Crippen molar-refractivity contribution >= 4 is 29.4 Å². The number of nitrogens with two attached hydrogens (primary N) is 1. The standard InChI is InChI=1S/C25H37ClN4O4/c1-2-34-24(32)17-29(21-7-4-3-5-8-21)16-23(31)30-12-6-9-22(30)25(33)28-15-19-13-20(26)11-10-18(19)14-27/h10-11,13,21-22H,2-9,12,14-17,27H2,1H3,(H,28,33)/t22-/m0/s1/i17D/t17?,22-. The van der Waals surface area contributed by atoms with Crippen molar-refractivity contribution in [2.24, 2.45) is 5.73 Å². The molecule has 0 bridgehead atoms. The minimum absolute atomic E-state index is 0.0213. The van der Waals surface area contributed by atoms with Crippen molar-refractivity contribution in [2.75, 3.05) is 26.2 Å². The maximum absolute atomic E-state index is 13.4. The molecule has 1 aromatic carbocycles. The zero-order chi connectivity index (χ0) is 25.4. The van der Waals surface area contributed by atoms with E-state index in [0.29, 0.717) is 24.5 Å². The van der Waals surface area contributed by atoms with Crippen LogP contribution in [0.15, 0.2) is 18.2 Å². The number of carbonyl (C=O) groups excluding carboxylic acids is 3. The topological polar surface area (TPSA) is 105 Å². The van der Waals surface area contributed by atoms with Gasteiger partial charge in [0, 0.05) is 30.7 Å². The van der Waals surface area contributed by atoms with Crippen LogP contribution >= 0.6 is 11.6 Å². The molecule has 3 N–H and O–H groups in total. The van der Waals surface area contributed by atoms with E-state index in [1.165, 1.54) is 0 Å². The summed E-state index contributed by atoms with van der Waals surface area (Å²) in [5, 5.41) is 3.50. The molecule has 0 radical (unpaired) electrons. The summed E-state index contributed by atoms with van der Waals surface area (Å²) in [6.45, 7) is 1.64. The van der Waals surface area contributed by atoms with Crippen molar-refractivity contribution in [3.8, 4) is 0 Å². The van der Waals surface area contributed by atoms with Crippen LogP contribution in [0, 0.1) is 0 Å². The summed E-state index contributed by atoms with van der Waals surface area (Å²) in [5.41, 5.74) is 7.55. The van der Waals surface area contributed by atoms with E-state index >= 15 is 0 Å². The first-order valence-electron chi connectivity index (χ1n) is 12.8. The number of amides is 2. The van der Waals surface area contributed by atoms with E-state index in [1.807, 2.05) is 6.07 Å². The van der Waals surface area contributed by atoms with Gasteiger partial charge in [-0.3, -0.25) is 19.3 Å². The Kier molecular flexibility index (Phi) is 9.59. The second-order valence-electron chi connectivity index (χ2n) is 8.93. The van der Waals surface area contributed by atoms with Gasteiger partial charge in [-0.05, 0) is 55.9 Å². The minimum Gasteiger partial charge on any atom is -0.465 e. The van der Waals surface area contributed by atoms with Gasteiger partial charge in [0.2, 0.25) is 11.8 Å². The van der Waals surface area contributed by atoms with Crippen molar-refractivity contribution in [3.63, 3.8) is 0 Å². The number of esters is 1.